The van der Waals surface area contributed by atoms with Gasteiger partial charge in [-0.1, -0.05) is 0 Å². The van der Waals surface area contributed by atoms with Gasteiger partial charge in [-0.05, 0) is 34.1 Å². The highest BCUT2D eigenvalue weighted by Gasteiger charge is 2.04. The summed E-state index contributed by atoms with van der Waals surface area (Å²) in [5, 5.41) is 2.88. The second-order valence-electron chi connectivity index (χ2n) is 3.51. The number of nitrogens with one attached hydrogen (secondary N) is 1. The fourth-order valence-corrected chi connectivity index (χ4v) is 1.77. The molecule has 0 radical (unpaired) electrons. The third-order valence-corrected chi connectivity index (χ3v) is 2.85. The number of nitrogens with zero attached hydrogens (tertiary/aromatic N) is 2. The van der Waals surface area contributed by atoms with Crippen LogP contribution >= 0.6 is 15.9 Å². The van der Waals surface area contributed by atoms with Crippen molar-refractivity contribution in [2.75, 3.05) is 12.4 Å². The zero-order valence-corrected chi connectivity index (χ0v) is 11.2. The van der Waals surface area contributed by atoms with E-state index in [0.717, 1.165) is 0 Å². The van der Waals surface area contributed by atoms with Crippen LogP contribution in [0.4, 0.5) is 10.2 Å². The lowest BCUT2D eigenvalue weighted by atomic mass is 10.3. The highest BCUT2D eigenvalue weighted by atomic mass is 79.9. The van der Waals surface area contributed by atoms with Crippen LogP contribution in [0.3, 0.4) is 0 Å². The lowest BCUT2D eigenvalue weighted by Gasteiger charge is -2.07. The summed E-state index contributed by atoms with van der Waals surface area (Å²) in [6.45, 7) is 0.279. The summed E-state index contributed by atoms with van der Waals surface area (Å²) < 4.78 is 19.0. The van der Waals surface area contributed by atoms with Crippen molar-refractivity contribution in [2.24, 2.45) is 0 Å². The number of aromatic nitrogens is 2. The summed E-state index contributed by atoms with van der Waals surface area (Å²) in [5.74, 6) is 0.949. The van der Waals surface area contributed by atoms with Crippen molar-refractivity contribution in [1.29, 1.82) is 0 Å². The average Bonchev–Trinajstić information content (AvgIpc) is 2.38. The zero-order valence-electron chi connectivity index (χ0n) is 9.65. The first kappa shape index (κ1) is 12.8. The van der Waals surface area contributed by atoms with Gasteiger partial charge in [-0.3, -0.25) is 4.98 Å². The number of ether oxygens (including phenoxy) is 1. The van der Waals surface area contributed by atoms with E-state index in [9.17, 15) is 4.39 Å². The molecule has 94 valence electrons. The highest BCUT2D eigenvalue weighted by molar-refractivity contribution is 9.10. The standard InChI is InChI=1S/C12H11BrFN3O/c1-15-12-6-16-9(5-17-12)7-18-11-3-2-8(14)4-10(11)13/h2-6H,7H2,1H3,(H,15,17). The molecule has 2 rings (SSSR count). The lowest BCUT2D eigenvalue weighted by Crippen LogP contribution is -2.01. The van der Waals surface area contributed by atoms with E-state index in [2.05, 4.69) is 31.2 Å². The maximum absolute atomic E-state index is 12.9. The molecule has 1 aromatic heterocycles. The Morgan fingerprint density at radius 3 is 2.78 bits per heavy atom. The van der Waals surface area contributed by atoms with E-state index in [4.69, 9.17) is 4.74 Å². The van der Waals surface area contributed by atoms with Gasteiger partial charge in [0, 0.05) is 7.05 Å². The van der Waals surface area contributed by atoms with Crippen LogP contribution in [0.25, 0.3) is 0 Å². The molecule has 0 saturated heterocycles. The Morgan fingerprint density at radius 2 is 2.17 bits per heavy atom. The van der Waals surface area contributed by atoms with Crippen LogP contribution in [-0.2, 0) is 6.61 Å². The van der Waals surface area contributed by atoms with E-state index in [0.29, 0.717) is 21.7 Å². The molecule has 4 nitrogen and oxygen atoms in total. The van der Waals surface area contributed by atoms with Gasteiger partial charge in [-0.25, -0.2) is 9.37 Å². The van der Waals surface area contributed by atoms with Crippen molar-refractivity contribution >= 4 is 21.7 Å². The Bertz CT molecular complexity index is 533. The molecule has 1 aromatic carbocycles. The molecule has 0 unspecified atom stereocenters. The molecule has 1 heterocycles. The third-order valence-electron chi connectivity index (χ3n) is 2.23. The molecular weight excluding hydrogens is 301 g/mol. The van der Waals surface area contributed by atoms with E-state index >= 15 is 0 Å². The minimum atomic E-state index is -0.313. The maximum atomic E-state index is 12.9. The van der Waals surface area contributed by atoms with Gasteiger partial charge in [-0.15, -0.1) is 0 Å². The molecule has 0 amide bonds. The summed E-state index contributed by atoms with van der Waals surface area (Å²) >= 11 is 3.23. The van der Waals surface area contributed by atoms with Gasteiger partial charge in [0.25, 0.3) is 0 Å². The van der Waals surface area contributed by atoms with Gasteiger partial charge in [0.05, 0.1) is 22.6 Å². The molecule has 2 aromatic rings. The van der Waals surface area contributed by atoms with E-state index in [1.54, 1.807) is 25.5 Å². The monoisotopic (exact) mass is 311 g/mol. The summed E-state index contributed by atoms with van der Waals surface area (Å²) in [6, 6.07) is 4.26. The lowest BCUT2D eigenvalue weighted by molar-refractivity contribution is 0.298. The van der Waals surface area contributed by atoms with Gasteiger partial charge < -0.3 is 10.1 Å². The number of anilines is 1. The molecular formula is C12H11BrFN3O. The van der Waals surface area contributed by atoms with E-state index in [1.165, 1.54) is 12.1 Å². The summed E-state index contributed by atoms with van der Waals surface area (Å²) in [7, 11) is 1.77. The van der Waals surface area contributed by atoms with Crippen LogP contribution in [0.2, 0.25) is 0 Å². The molecule has 0 spiro atoms. The van der Waals surface area contributed by atoms with Crippen molar-refractivity contribution < 1.29 is 9.13 Å². The molecule has 0 saturated carbocycles. The molecule has 0 aliphatic rings. The normalized spacial score (nSPS) is 10.2. The van der Waals surface area contributed by atoms with E-state index in [-0.39, 0.29) is 12.4 Å². The van der Waals surface area contributed by atoms with Crippen LogP contribution in [0.15, 0.2) is 35.1 Å². The first-order valence-electron chi connectivity index (χ1n) is 5.25. The molecule has 0 fully saturated rings. The average molecular weight is 312 g/mol. The minimum absolute atomic E-state index is 0.279. The molecule has 18 heavy (non-hydrogen) atoms. The van der Waals surface area contributed by atoms with Gasteiger partial charge in [0.1, 0.15) is 24.0 Å². The minimum Gasteiger partial charge on any atom is -0.486 e. The predicted molar refractivity (Wildman–Crippen MR) is 70.0 cm³/mol. The number of hydrogen-bond acceptors (Lipinski definition) is 4. The Balaban J connectivity index is 2.02. The van der Waals surface area contributed by atoms with Crippen LogP contribution in [-0.4, -0.2) is 17.0 Å². The predicted octanol–water partition coefficient (Wildman–Crippen LogP) is 3.00. The van der Waals surface area contributed by atoms with Gasteiger partial charge in [0.15, 0.2) is 0 Å². The third kappa shape index (κ3) is 3.16. The first-order valence-corrected chi connectivity index (χ1v) is 6.05. The number of hydrogen-bond donors (Lipinski definition) is 1. The fraction of sp³-hybridized carbons (Fsp3) is 0.167. The van der Waals surface area contributed by atoms with Crippen molar-refractivity contribution in [2.45, 2.75) is 6.61 Å². The molecule has 6 heteroatoms. The Morgan fingerprint density at radius 1 is 1.33 bits per heavy atom. The summed E-state index contributed by atoms with van der Waals surface area (Å²) in [4.78, 5) is 8.29. The largest absolute Gasteiger partial charge is 0.486 e. The van der Waals surface area contributed by atoms with Crippen molar-refractivity contribution in [1.82, 2.24) is 9.97 Å². The topological polar surface area (TPSA) is 47.0 Å². The van der Waals surface area contributed by atoms with Crippen LogP contribution in [0.5, 0.6) is 5.75 Å². The number of halogens is 2. The summed E-state index contributed by atoms with van der Waals surface area (Å²) in [6.07, 6.45) is 3.25. The Kier molecular flexibility index (Phi) is 4.09. The van der Waals surface area contributed by atoms with Crippen molar-refractivity contribution in [3.8, 4) is 5.75 Å². The smallest absolute Gasteiger partial charge is 0.144 e. The fourth-order valence-electron chi connectivity index (χ4n) is 1.30. The van der Waals surface area contributed by atoms with Crippen LogP contribution in [0, 0.1) is 5.82 Å². The highest BCUT2D eigenvalue weighted by Crippen LogP contribution is 2.26. The first-order chi connectivity index (χ1) is 8.69. The quantitative estimate of drug-likeness (QED) is 0.943. The summed E-state index contributed by atoms with van der Waals surface area (Å²) in [5.41, 5.74) is 0.699. The molecule has 0 aliphatic carbocycles. The van der Waals surface area contributed by atoms with E-state index in [1.807, 2.05) is 0 Å². The molecule has 0 atom stereocenters. The Hall–Kier alpha value is -1.69. The Labute approximate surface area is 112 Å². The van der Waals surface area contributed by atoms with Gasteiger partial charge >= 0.3 is 0 Å². The zero-order chi connectivity index (χ0) is 13.0. The van der Waals surface area contributed by atoms with E-state index < -0.39 is 0 Å². The SMILES string of the molecule is CNc1cnc(COc2ccc(F)cc2Br)cn1. The second kappa shape index (κ2) is 5.77. The second-order valence-corrected chi connectivity index (χ2v) is 4.36. The van der Waals surface area contributed by atoms with Crippen molar-refractivity contribution in [3.63, 3.8) is 0 Å². The van der Waals surface area contributed by atoms with Crippen LogP contribution in [0.1, 0.15) is 5.69 Å². The van der Waals surface area contributed by atoms with Crippen molar-refractivity contribution in [3.05, 3.63) is 46.6 Å². The molecule has 0 bridgehead atoms. The van der Waals surface area contributed by atoms with Crippen LogP contribution < -0.4 is 10.1 Å². The van der Waals surface area contributed by atoms with Gasteiger partial charge in [-0.2, -0.15) is 0 Å². The molecule has 1 N–H and O–H groups in total. The molecule has 0 aliphatic heterocycles. The maximum Gasteiger partial charge on any atom is 0.144 e. The number of rotatable bonds is 4. The van der Waals surface area contributed by atoms with Gasteiger partial charge in [0.2, 0.25) is 0 Å². The number of benzene rings is 1.